The number of para-hydroxylation sites is 1. The lowest BCUT2D eigenvalue weighted by atomic mass is 10.1. The van der Waals surface area contributed by atoms with Crippen molar-refractivity contribution in [3.05, 3.63) is 59.7 Å². The van der Waals surface area contributed by atoms with Crippen LogP contribution in [0.15, 0.2) is 48.5 Å². The molecule has 2 aromatic rings. The molecule has 0 fully saturated rings. The Labute approximate surface area is 132 Å². The maximum Gasteiger partial charge on any atom is 0.119 e. The van der Waals surface area contributed by atoms with Gasteiger partial charge in [-0.3, -0.25) is 0 Å². The smallest absolute Gasteiger partial charge is 0.119 e. The Morgan fingerprint density at radius 1 is 1.18 bits per heavy atom. The zero-order valence-corrected chi connectivity index (χ0v) is 13.2. The number of benzene rings is 2. The lowest BCUT2D eigenvalue weighted by Gasteiger charge is -2.27. The van der Waals surface area contributed by atoms with Gasteiger partial charge in [-0.15, -0.1) is 0 Å². The van der Waals surface area contributed by atoms with Crippen molar-refractivity contribution >= 4 is 5.69 Å². The molecule has 0 bridgehead atoms. The first-order valence-corrected chi connectivity index (χ1v) is 7.94. The van der Waals surface area contributed by atoms with Crippen LogP contribution < -0.4 is 9.64 Å². The van der Waals surface area contributed by atoms with Crippen molar-refractivity contribution in [1.82, 2.24) is 0 Å². The van der Waals surface area contributed by atoms with Gasteiger partial charge in [-0.1, -0.05) is 30.3 Å². The van der Waals surface area contributed by atoms with E-state index in [1.54, 1.807) is 0 Å². The molecule has 0 saturated heterocycles. The van der Waals surface area contributed by atoms with Crippen LogP contribution in [0.5, 0.6) is 5.75 Å². The van der Waals surface area contributed by atoms with Crippen LogP contribution in [0.2, 0.25) is 0 Å². The highest BCUT2D eigenvalue weighted by atomic mass is 16.5. The number of nitrogens with zero attached hydrogens (tertiary/aromatic N) is 1. The van der Waals surface area contributed by atoms with Crippen LogP contribution in [0.1, 0.15) is 31.1 Å². The predicted molar refractivity (Wildman–Crippen MR) is 89.5 cm³/mol. The fraction of sp³-hybridized carbons (Fsp3) is 0.368. The van der Waals surface area contributed by atoms with Gasteiger partial charge >= 0.3 is 0 Å². The number of β-amino-alcohol motifs (C(OH)–C–C–N with tert-alkyl or cyclic N) is 1. The summed E-state index contributed by atoms with van der Waals surface area (Å²) < 4.78 is 5.45. The maximum atomic E-state index is 10.6. The van der Waals surface area contributed by atoms with E-state index in [1.165, 1.54) is 11.3 Å². The molecular weight excluding hydrogens is 274 g/mol. The summed E-state index contributed by atoms with van der Waals surface area (Å²) in [6.07, 6.45) is 0.552. The molecular formula is C19H23NO2. The molecule has 3 rings (SSSR count). The SMILES string of the molecule is CCOc1ccc(C(O)CN2c3ccccc3CC2C)cc1. The average Bonchev–Trinajstić information content (AvgIpc) is 2.84. The molecule has 3 heteroatoms. The minimum atomic E-state index is -0.496. The van der Waals surface area contributed by atoms with E-state index in [0.29, 0.717) is 19.2 Å². The second kappa shape index (κ2) is 6.41. The van der Waals surface area contributed by atoms with E-state index in [2.05, 4.69) is 36.1 Å². The van der Waals surface area contributed by atoms with Gasteiger partial charge < -0.3 is 14.7 Å². The molecule has 1 heterocycles. The molecule has 0 radical (unpaired) electrons. The largest absolute Gasteiger partial charge is 0.494 e. The first-order valence-electron chi connectivity index (χ1n) is 7.94. The molecule has 0 spiro atoms. The van der Waals surface area contributed by atoms with E-state index in [1.807, 2.05) is 31.2 Å². The van der Waals surface area contributed by atoms with E-state index >= 15 is 0 Å². The van der Waals surface area contributed by atoms with E-state index in [4.69, 9.17) is 4.74 Å². The third kappa shape index (κ3) is 2.95. The summed E-state index contributed by atoms with van der Waals surface area (Å²) in [6, 6.07) is 16.6. The summed E-state index contributed by atoms with van der Waals surface area (Å²) in [6.45, 7) is 5.45. The molecule has 0 aromatic heterocycles. The van der Waals surface area contributed by atoms with Crippen LogP contribution in [-0.4, -0.2) is 24.3 Å². The number of hydrogen-bond acceptors (Lipinski definition) is 3. The van der Waals surface area contributed by atoms with Crippen LogP contribution >= 0.6 is 0 Å². The van der Waals surface area contributed by atoms with Gasteiger partial charge in [0.05, 0.1) is 12.7 Å². The van der Waals surface area contributed by atoms with Crippen LogP contribution in [0, 0.1) is 0 Å². The second-order valence-corrected chi connectivity index (χ2v) is 5.85. The minimum Gasteiger partial charge on any atom is -0.494 e. The van der Waals surface area contributed by atoms with Gasteiger partial charge in [0.25, 0.3) is 0 Å². The number of hydrogen-bond donors (Lipinski definition) is 1. The van der Waals surface area contributed by atoms with Crippen molar-refractivity contribution in [2.24, 2.45) is 0 Å². The fourth-order valence-electron chi connectivity index (χ4n) is 3.15. The van der Waals surface area contributed by atoms with E-state index in [-0.39, 0.29) is 0 Å². The molecule has 22 heavy (non-hydrogen) atoms. The lowest BCUT2D eigenvalue weighted by Crippen LogP contribution is -2.33. The summed E-state index contributed by atoms with van der Waals surface area (Å²) in [5, 5.41) is 10.6. The van der Waals surface area contributed by atoms with Gasteiger partial charge in [-0.2, -0.15) is 0 Å². The van der Waals surface area contributed by atoms with Crippen molar-refractivity contribution in [2.45, 2.75) is 32.4 Å². The number of rotatable bonds is 5. The van der Waals surface area contributed by atoms with E-state index in [9.17, 15) is 5.11 Å². The predicted octanol–water partition coefficient (Wildman–Crippen LogP) is 3.57. The number of ether oxygens (including phenoxy) is 1. The zero-order chi connectivity index (χ0) is 15.5. The average molecular weight is 297 g/mol. The van der Waals surface area contributed by atoms with Crippen molar-refractivity contribution in [2.75, 3.05) is 18.1 Å². The Hall–Kier alpha value is -2.00. The Morgan fingerprint density at radius 3 is 2.64 bits per heavy atom. The summed E-state index contributed by atoms with van der Waals surface area (Å²) in [5.74, 6) is 0.846. The summed E-state index contributed by atoms with van der Waals surface area (Å²) in [5.41, 5.74) is 3.55. The summed E-state index contributed by atoms with van der Waals surface area (Å²) in [4.78, 5) is 2.30. The minimum absolute atomic E-state index is 0.426. The monoisotopic (exact) mass is 297 g/mol. The van der Waals surface area contributed by atoms with Crippen molar-refractivity contribution < 1.29 is 9.84 Å². The van der Waals surface area contributed by atoms with E-state index in [0.717, 1.165) is 17.7 Å². The van der Waals surface area contributed by atoms with E-state index < -0.39 is 6.10 Å². The summed E-state index contributed by atoms with van der Waals surface area (Å²) in [7, 11) is 0. The highest BCUT2D eigenvalue weighted by molar-refractivity contribution is 5.59. The van der Waals surface area contributed by atoms with Gasteiger partial charge in [0.2, 0.25) is 0 Å². The van der Waals surface area contributed by atoms with Gasteiger partial charge in [0, 0.05) is 18.3 Å². The normalized spacial score (nSPS) is 18.1. The first kappa shape index (κ1) is 14.9. The van der Waals surface area contributed by atoms with Gasteiger partial charge in [-0.25, -0.2) is 0 Å². The van der Waals surface area contributed by atoms with Crippen LogP contribution in [0.3, 0.4) is 0 Å². The molecule has 0 amide bonds. The quantitative estimate of drug-likeness (QED) is 0.916. The molecule has 116 valence electrons. The number of aliphatic hydroxyl groups excluding tert-OH is 1. The fourth-order valence-corrected chi connectivity index (χ4v) is 3.15. The molecule has 0 saturated carbocycles. The van der Waals surface area contributed by atoms with Gasteiger partial charge in [0.15, 0.2) is 0 Å². The zero-order valence-electron chi connectivity index (χ0n) is 13.2. The van der Waals surface area contributed by atoms with Crippen LogP contribution in [0.25, 0.3) is 0 Å². The van der Waals surface area contributed by atoms with Crippen molar-refractivity contribution in [1.29, 1.82) is 0 Å². The van der Waals surface area contributed by atoms with Crippen LogP contribution in [-0.2, 0) is 6.42 Å². The summed E-state index contributed by atoms with van der Waals surface area (Å²) >= 11 is 0. The van der Waals surface area contributed by atoms with Gasteiger partial charge in [0.1, 0.15) is 5.75 Å². The molecule has 1 aliphatic heterocycles. The molecule has 2 unspecified atom stereocenters. The molecule has 2 atom stereocenters. The van der Waals surface area contributed by atoms with Crippen LogP contribution in [0.4, 0.5) is 5.69 Å². The topological polar surface area (TPSA) is 32.7 Å². The molecule has 1 aliphatic rings. The number of anilines is 1. The highest BCUT2D eigenvalue weighted by Gasteiger charge is 2.27. The molecule has 0 aliphatic carbocycles. The molecule has 1 N–H and O–H groups in total. The lowest BCUT2D eigenvalue weighted by molar-refractivity contribution is 0.181. The molecule has 2 aromatic carbocycles. The third-order valence-electron chi connectivity index (χ3n) is 4.29. The second-order valence-electron chi connectivity index (χ2n) is 5.85. The highest BCUT2D eigenvalue weighted by Crippen LogP contribution is 2.33. The van der Waals surface area contributed by atoms with Gasteiger partial charge in [-0.05, 0) is 49.6 Å². The Bertz CT molecular complexity index is 624. The van der Waals surface area contributed by atoms with Crippen molar-refractivity contribution in [3.8, 4) is 5.75 Å². The number of fused-ring (bicyclic) bond motifs is 1. The Morgan fingerprint density at radius 2 is 1.91 bits per heavy atom. The third-order valence-corrected chi connectivity index (χ3v) is 4.29. The Balaban J connectivity index is 1.72. The maximum absolute atomic E-state index is 10.6. The standard InChI is InChI=1S/C19H23NO2/c1-3-22-17-10-8-15(9-11-17)19(21)13-20-14(2)12-16-6-4-5-7-18(16)20/h4-11,14,19,21H,3,12-13H2,1-2H3. The molecule has 3 nitrogen and oxygen atoms in total. The number of aliphatic hydroxyl groups is 1. The first-order chi connectivity index (χ1) is 10.7. The van der Waals surface area contributed by atoms with Crippen molar-refractivity contribution in [3.63, 3.8) is 0 Å². The Kier molecular flexibility index (Phi) is 4.34.